The third kappa shape index (κ3) is 4.15. The van der Waals surface area contributed by atoms with Gasteiger partial charge in [-0.25, -0.2) is 0 Å². The molecule has 0 aromatic heterocycles. The molecule has 1 atom stereocenters. The van der Waals surface area contributed by atoms with Crippen molar-refractivity contribution in [1.29, 1.82) is 0 Å². The lowest BCUT2D eigenvalue weighted by Gasteiger charge is -2.41. The van der Waals surface area contributed by atoms with Crippen LogP contribution in [0.1, 0.15) is 49.8 Å². The molecule has 2 amide bonds. The van der Waals surface area contributed by atoms with Gasteiger partial charge >= 0.3 is 0 Å². The van der Waals surface area contributed by atoms with Crippen molar-refractivity contribution < 1.29 is 14.3 Å². The maximum atomic E-state index is 12.1. The molecule has 6 heteroatoms. The van der Waals surface area contributed by atoms with E-state index in [9.17, 15) is 9.59 Å². The molecule has 25 heavy (non-hydrogen) atoms. The molecule has 5 nitrogen and oxygen atoms in total. The van der Waals surface area contributed by atoms with Crippen molar-refractivity contribution >= 4 is 23.4 Å². The predicted octanol–water partition coefficient (Wildman–Crippen LogP) is 2.99. The molecule has 1 aromatic rings. The molecule has 0 aliphatic carbocycles. The molecule has 0 bridgehead atoms. The number of hydrogen-bond donors (Lipinski definition) is 0. The molecule has 2 aliphatic heterocycles. The van der Waals surface area contributed by atoms with Crippen LogP contribution in [0.5, 0.6) is 0 Å². The molecule has 0 N–H and O–H groups in total. The van der Waals surface area contributed by atoms with Crippen LogP contribution in [0.2, 0.25) is 5.02 Å². The molecule has 2 fully saturated rings. The summed E-state index contributed by atoms with van der Waals surface area (Å²) in [5.74, 6) is 0.505. The Morgan fingerprint density at radius 1 is 1.04 bits per heavy atom. The summed E-state index contributed by atoms with van der Waals surface area (Å²) in [5.41, 5.74) is 2.21. The Labute approximate surface area is 153 Å². The number of rotatable bonds is 2. The van der Waals surface area contributed by atoms with Gasteiger partial charge in [0.25, 0.3) is 0 Å². The fourth-order valence-corrected chi connectivity index (χ4v) is 4.08. The Bertz CT molecular complexity index is 658. The highest BCUT2D eigenvalue weighted by Gasteiger charge is 2.31. The summed E-state index contributed by atoms with van der Waals surface area (Å²) in [5, 5.41) is 0.683. The van der Waals surface area contributed by atoms with Gasteiger partial charge in [-0.05, 0) is 42.0 Å². The van der Waals surface area contributed by atoms with Gasteiger partial charge in [-0.2, -0.15) is 0 Å². The SMILES string of the molecule is CC(=O)N1CCN(C(C)=O)[C@H](c2cc(Cl)cc(C3CCOCC3)c2)C1. The van der Waals surface area contributed by atoms with Gasteiger partial charge < -0.3 is 14.5 Å². The van der Waals surface area contributed by atoms with Gasteiger partial charge in [-0.15, -0.1) is 0 Å². The third-order valence-electron chi connectivity index (χ3n) is 5.25. The number of benzene rings is 1. The Morgan fingerprint density at radius 3 is 2.36 bits per heavy atom. The van der Waals surface area contributed by atoms with Crippen molar-refractivity contribution in [3.8, 4) is 0 Å². The number of amides is 2. The monoisotopic (exact) mass is 364 g/mol. The zero-order valence-electron chi connectivity index (χ0n) is 14.8. The number of carbonyl (C=O) groups excluding carboxylic acids is 2. The quantitative estimate of drug-likeness (QED) is 0.810. The van der Waals surface area contributed by atoms with E-state index in [-0.39, 0.29) is 17.9 Å². The van der Waals surface area contributed by atoms with E-state index in [1.54, 1.807) is 18.7 Å². The molecule has 0 spiro atoms. The average molecular weight is 365 g/mol. The fraction of sp³-hybridized carbons (Fsp3) is 0.579. The van der Waals surface area contributed by atoms with E-state index in [2.05, 4.69) is 6.07 Å². The average Bonchev–Trinajstić information content (AvgIpc) is 2.61. The molecule has 0 saturated carbocycles. The van der Waals surface area contributed by atoms with E-state index in [4.69, 9.17) is 16.3 Å². The molecule has 1 aromatic carbocycles. The van der Waals surface area contributed by atoms with Crippen molar-refractivity contribution in [1.82, 2.24) is 9.80 Å². The van der Waals surface area contributed by atoms with Crippen LogP contribution in [0, 0.1) is 0 Å². The van der Waals surface area contributed by atoms with Crippen LogP contribution in [-0.2, 0) is 14.3 Å². The lowest BCUT2D eigenvalue weighted by Crippen LogP contribution is -2.51. The molecule has 2 saturated heterocycles. The van der Waals surface area contributed by atoms with Crippen LogP contribution in [-0.4, -0.2) is 54.5 Å². The number of hydrogen-bond acceptors (Lipinski definition) is 3. The Kier molecular flexibility index (Phi) is 5.64. The first-order valence-corrected chi connectivity index (χ1v) is 9.24. The van der Waals surface area contributed by atoms with Crippen molar-refractivity contribution in [2.24, 2.45) is 0 Å². The normalized spacial score (nSPS) is 22.1. The highest BCUT2D eigenvalue weighted by molar-refractivity contribution is 6.30. The second-order valence-corrected chi connectivity index (χ2v) is 7.33. The number of piperazine rings is 1. The lowest BCUT2D eigenvalue weighted by molar-refractivity contribution is -0.140. The second kappa shape index (κ2) is 7.75. The topological polar surface area (TPSA) is 49.9 Å². The molecular weight excluding hydrogens is 340 g/mol. The third-order valence-corrected chi connectivity index (χ3v) is 5.47. The van der Waals surface area contributed by atoms with E-state index in [1.807, 2.05) is 17.0 Å². The molecule has 2 aliphatic rings. The Morgan fingerprint density at radius 2 is 1.72 bits per heavy atom. The van der Waals surface area contributed by atoms with Gasteiger partial charge in [0.2, 0.25) is 11.8 Å². The summed E-state index contributed by atoms with van der Waals surface area (Å²) in [4.78, 5) is 27.6. The minimum Gasteiger partial charge on any atom is -0.381 e. The van der Waals surface area contributed by atoms with Crippen molar-refractivity contribution in [3.05, 3.63) is 34.3 Å². The first kappa shape index (κ1) is 18.2. The number of nitrogens with zero attached hydrogens (tertiary/aromatic N) is 2. The van der Waals surface area contributed by atoms with Gasteiger partial charge in [0, 0.05) is 51.7 Å². The van der Waals surface area contributed by atoms with E-state index in [0.29, 0.717) is 30.6 Å². The molecule has 0 unspecified atom stereocenters. The molecule has 136 valence electrons. The van der Waals surface area contributed by atoms with Gasteiger partial charge in [-0.3, -0.25) is 9.59 Å². The summed E-state index contributed by atoms with van der Waals surface area (Å²) in [7, 11) is 0. The van der Waals surface area contributed by atoms with Gasteiger partial charge in [-0.1, -0.05) is 17.7 Å². The van der Waals surface area contributed by atoms with Crippen LogP contribution in [0.25, 0.3) is 0 Å². The van der Waals surface area contributed by atoms with Crippen LogP contribution in [0.3, 0.4) is 0 Å². The molecule has 3 rings (SSSR count). The number of halogens is 1. The summed E-state index contributed by atoms with van der Waals surface area (Å²) in [6.45, 7) is 6.35. The first-order valence-electron chi connectivity index (χ1n) is 8.86. The van der Waals surface area contributed by atoms with Crippen molar-refractivity contribution in [2.75, 3.05) is 32.8 Å². The van der Waals surface area contributed by atoms with Crippen molar-refractivity contribution in [3.63, 3.8) is 0 Å². The van der Waals surface area contributed by atoms with Gasteiger partial charge in [0.15, 0.2) is 0 Å². The largest absolute Gasteiger partial charge is 0.381 e. The van der Waals surface area contributed by atoms with Crippen LogP contribution >= 0.6 is 11.6 Å². The van der Waals surface area contributed by atoms with Crippen LogP contribution in [0.15, 0.2) is 18.2 Å². The maximum Gasteiger partial charge on any atom is 0.220 e. The maximum absolute atomic E-state index is 12.1. The van der Waals surface area contributed by atoms with E-state index >= 15 is 0 Å². The highest BCUT2D eigenvalue weighted by atomic mass is 35.5. The summed E-state index contributed by atoms with van der Waals surface area (Å²) in [6.07, 6.45) is 1.97. The number of carbonyl (C=O) groups is 2. The van der Waals surface area contributed by atoms with E-state index in [0.717, 1.165) is 31.6 Å². The number of ether oxygens (including phenoxy) is 1. The standard InChI is InChI=1S/C19H25ClN2O3/c1-13(23)21-5-6-22(14(2)24)19(12-21)17-9-16(10-18(20)11-17)15-3-7-25-8-4-15/h9-11,15,19H,3-8,12H2,1-2H3/t19-/m0/s1. The Balaban J connectivity index is 1.92. The smallest absolute Gasteiger partial charge is 0.220 e. The highest BCUT2D eigenvalue weighted by Crippen LogP contribution is 2.34. The zero-order chi connectivity index (χ0) is 18.0. The van der Waals surface area contributed by atoms with Crippen LogP contribution < -0.4 is 0 Å². The zero-order valence-corrected chi connectivity index (χ0v) is 15.6. The minimum absolute atomic E-state index is 0.0285. The fourth-order valence-electron chi connectivity index (χ4n) is 3.83. The van der Waals surface area contributed by atoms with Crippen LogP contribution in [0.4, 0.5) is 0 Å². The molecular formula is C19H25ClN2O3. The van der Waals surface area contributed by atoms with Gasteiger partial charge in [0.05, 0.1) is 6.04 Å². The minimum atomic E-state index is -0.146. The first-order chi connectivity index (χ1) is 12.0. The summed E-state index contributed by atoms with van der Waals surface area (Å²) < 4.78 is 5.46. The second-order valence-electron chi connectivity index (χ2n) is 6.90. The Hall–Kier alpha value is -1.59. The molecule has 0 radical (unpaired) electrons. The predicted molar refractivity (Wildman–Crippen MR) is 96.6 cm³/mol. The van der Waals surface area contributed by atoms with E-state index < -0.39 is 0 Å². The molecule has 2 heterocycles. The summed E-state index contributed by atoms with van der Waals surface area (Å²) in [6, 6.07) is 5.96. The van der Waals surface area contributed by atoms with Crippen molar-refractivity contribution in [2.45, 2.75) is 38.6 Å². The summed E-state index contributed by atoms with van der Waals surface area (Å²) >= 11 is 6.40. The van der Waals surface area contributed by atoms with E-state index in [1.165, 1.54) is 5.56 Å². The van der Waals surface area contributed by atoms with Gasteiger partial charge in [0.1, 0.15) is 0 Å². The lowest BCUT2D eigenvalue weighted by atomic mass is 9.89.